The molecule has 0 saturated heterocycles. The van der Waals surface area contributed by atoms with Crippen LogP contribution in [-0.2, 0) is 4.74 Å². The highest BCUT2D eigenvalue weighted by Crippen LogP contribution is 2.56. The van der Waals surface area contributed by atoms with E-state index >= 15 is 0 Å². The van der Waals surface area contributed by atoms with E-state index in [4.69, 9.17) is 4.74 Å². The number of rotatable bonds is 5. The van der Waals surface area contributed by atoms with E-state index in [0.29, 0.717) is 0 Å². The first-order valence-corrected chi connectivity index (χ1v) is 10.1. The van der Waals surface area contributed by atoms with Crippen LogP contribution in [-0.4, -0.2) is 18.4 Å². The zero-order chi connectivity index (χ0) is 10.4. The number of ether oxygens (including phenoxy) is 1. The molecule has 0 bridgehead atoms. The molecule has 82 valence electrons. The Morgan fingerprint density at radius 1 is 1.71 bits per heavy atom. The van der Waals surface area contributed by atoms with Gasteiger partial charge in [0.15, 0.2) is 0 Å². The van der Waals surface area contributed by atoms with Crippen molar-refractivity contribution in [3.05, 3.63) is 0 Å². The molecule has 1 rings (SSSR count). The van der Waals surface area contributed by atoms with Crippen LogP contribution in [0.3, 0.4) is 0 Å². The second-order valence-corrected chi connectivity index (χ2v) is 9.85. The van der Waals surface area contributed by atoms with Gasteiger partial charge < -0.3 is 4.74 Å². The van der Waals surface area contributed by atoms with Gasteiger partial charge in [0.05, 0.1) is 0 Å². The van der Waals surface area contributed by atoms with Crippen LogP contribution >= 0.6 is 24.6 Å². The third-order valence-corrected chi connectivity index (χ3v) is 8.56. The Labute approximate surface area is 90.7 Å². The maximum atomic E-state index is 11.4. The minimum Gasteiger partial charge on any atom is -0.446 e. The molecule has 0 aliphatic heterocycles. The Hall–Kier alpha value is 0.560. The van der Waals surface area contributed by atoms with Gasteiger partial charge in [-0.25, -0.2) is 4.79 Å². The van der Waals surface area contributed by atoms with E-state index in [1.165, 1.54) is 6.42 Å². The molecular weight excluding hydrogens is 235 g/mol. The normalized spacial score (nSPS) is 19.3. The van der Waals surface area contributed by atoms with E-state index < -0.39 is 0 Å². The van der Waals surface area contributed by atoms with Crippen molar-refractivity contribution in [3.8, 4) is 0 Å². The third-order valence-electron chi connectivity index (χ3n) is 2.16. The number of amides is 1. The summed E-state index contributed by atoms with van der Waals surface area (Å²) in [5.74, 6) is 0. The van der Waals surface area contributed by atoms with Gasteiger partial charge in [-0.05, 0) is 25.4 Å². The quantitative estimate of drug-likeness (QED) is 0.762. The molecular formula is C8H18NO2P3. The molecule has 1 saturated carbocycles. The first-order valence-electron chi connectivity index (χ1n) is 4.97. The van der Waals surface area contributed by atoms with Crippen molar-refractivity contribution >= 4 is 30.7 Å². The van der Waals surface area contributed by atoms with Gasteiger partial charge in [-0.15, -0.1) is 8.93 Å². The summed E-state index contributed by atoms with van der Waals surface area (Å²) >= 11 is 0. The van der Waals surface area contributed by atoms with Gasteiger partial charge in [-0.1, -0.05) is 21.3 Å². The maximum Gasteiger partial charge on any atom is 0.410 e. The number of nitrogens with one attached hydrogen (secondary N) is 1. The molecule has 1 N–H and O–H groups in total. The summed E-state index contributed by atoms with van der Waals surface area (Å²) in [6, 6.07) is 0. The molecule has 6 heteroatoms. The molecule has 3 unspecified atom stereocenters. The van der Waals surface area contributed by atoms with Crippen LogP contribution in [0.1, 0.15) is 32.6 Å². The molecule has 1 fully saturated rings. The Bertz CT molecular complexity index is 187. The number of hydrogen-bond donors (Lipinski definition) is 1. The van der Waals surface area contributed by atoms with Gasteiger partial charge >= 0.3 is 6.09 Å². The summed E-state index contributed by atoms with van der Waals surface area (Å²) in [6.07, 6.45) is 5.50. The highest BCUT2D eigenvalue weighted by Gasteiger charge is 2.22. The van der Waals surface area contributed by atoms with Crippen LogP contribution in [0.25, 0.3) is 0 Å². The van der Waals surface area contributed by atoms with Crippen LogP contribution in [0.4, 0.5) is 4.79 Å². The Kier molecular flexibility index (Phi) is 6.26. The molecule has 1 aliphatic carbocycles. The second-order valence-electron chi connectivity index (χ2n) is 3.35. The number of carbonyl (C=O) groups is 1. The van der Waals surface area contributed by atoms with Gasteiger partial charge in [0, 0.05) is 7.76 Å². The van der Waals surface area contributed by atoms with E-state index in [9.17, 15) is 4.79 Å². The van der Waals surface area contributed by atoms with Crippen molar-refractivity contribution < 1.29 is 9.53 Å². The highest BCUT2D eigenvalue weighted by atomic mass is 32.4. The molecule has 3 nitrogen and oxygen atoms in total. The minimum absolute atomic E-state index is 0.196. The lowest BCUT2D eigenvalue weighted by molar-refractivity contribution is 0.0566. The van der Waals surface area contributed by atoms with Gasteiger partial charge in [-0.3, -0.25) is 5.09 Å². The standard InChI is InChI=1S/C8H18NO2P3/c1-2-6-14(13-12)9-8(10)11-7-4-3-5-7/h7,13H,2-6,12H2,1H3,(H,9,10). The number of carbonyl (C=O) groups excluding carboxylic acids is 1. The molecule has 0 aromatic heterocycles. The zero-order valence-electron chi connectivity index (χ0n) is 8.45. The minimum atomic E-state index is -0.343. The fourth-order valence-electron chi connectivity index (χ4n) is 1.15. The molecule has 0 spiro atoms. The largest absolute Gasteiger partial charge is 0.446 e. The van der Waals surface area contributed by atoms with Crippen molar-refractivity contribution in [1.29, 1.82) is 0 Å². The molecule has 0 heterocycles. The smallest absolute Gasteiger partial charge is 0.410 e. The van der Waals surface area contributed by atoms with Gasteiger partial charge in [0.1, 0.15) is 6.10 Å². The van der Waals surface area contributed by atoms with Gasteiger partial charge in [0.2, 0.25) is 0 Å². The Morgan fingerprint density at radius 2 is 2.43 bits per heavy atom. The molecule has 0 radical (unpaired) electrons. The summed E-state index contributed by atoms with van der Waals surface area (Å²) in [5, 5.41) is 2.96. The zero-order valence-corrected chi connectivity index (χ0v) is 11.5. The van der Waals surface area contributed by atoms with E-state index in [0.717, 1.165) is 33.4 Å². The lowest BCUT2D eigenvalue weighted by Gasteiger charge is -2.26. The first kappa shape index (κ1) is 12.6. The fourth-order valence-corrected chi connectivity index (χ4v) is 5.45. The summed E-state index contributed by atoms with van der Waals surface area (Å²) in [4.78, 5) is 11.4. The van der Waals surface area contributed by atoms with Crippen molar-refractivity contribution in [3.63, 3.8) is 0 Å². The molecule has 3 atom stereocenters. The molecule has 0 aromatic carbocycles. The summed E-state index contributed by atoms with van der Waals surface area (Å²) in [7, 11) is 3.11. The Morgan fingerprint density at radius 3 is 2.86 bits per heavy atom. The lowest BCUT2D eigenvalue weighted by Crippen LogP contribution is -2.29. The summed E-state index contributed by atoms with van der Waals surface area (Å²) in [5.41, 5.74) is 0. The topological polar surface area (TPSA) is 38.3 Å². The molecule has 1 aliphatic rings. The van der Waals surface area contributed by atoms with Crippen LogP contribution in [0.5, 0.6) is 0 Å². The van der Waals surface area contributed by atoms with Crippen molar-refractivity contribution in [1.82, 2.24) is 5.09 Å². The average Bonchev–Trinajstić information content (AvgIpc) is 2.11. The monoisotopic (exact) mass is 253 g/mol. The fraction of sp³-hybridized carbons (Fsp3) is 0.875. The van der Waals surface area contributed by atoms with E-state index in [-0.39, 0.29) is 20.0 Å². The Balaban J connectivity index is 2.15. The molecule has 1 amide bonds. The van der Waals surface area contributed by atoms with Gasteiger partial charge in [0.25, 0.3) is 0 Å². The second kappa shape index (κ2) is 6.94. The summed E-state index contributed by atoms with van der Waals surface area (Å²) in [6.45, 7) is 2.14. The number of hydrogen-bond acceptors (Lipinski definition) is 2. The van der Waals surface area contributed by atoms with Crippen molar-refractivity contribution in [2.24, 2.45) is 0 Å². The van der Waals surface area contributed by atoms with Gasteiger partial charge in [-0.2, -0.15) is 0 Å². The highest BCUT2D eigenvalue weighted by molar-refractivity contribution is 8.44. The third kappa shape index (κ3) is 4.39. The van der Waals surface area contributed by atoms with Crippen LogP contribution in [0.2, 0.25) is 0 Å². The van der Waals surface area contributed by atoms with E-state index in [1.54, 1.807) is 0 Å². The predicted molar refractivity (Wildman–Crippen MR) is 67.4 cm³/mol. The lowest BCUT2D eigenvalue weighted by atomic mass is 9.96. The molecule has 14 heavy (non-hydrogen) atoms. The average molecular weight is 253 g/mol. The van der Waals surface area contributed by atoms with Crippen LogP contribution in [0, 0.1) is 0 Å². The van der Waals surface area contributed by atoms with Crippen LogP contribution < -0.4 is 5.09 Å². The van der Waals surface area contributed by atoms with Crippen LogP contribution in [0.15, 0.2) is 0 Å². The van der Waals surface area contributed by atoms with E-state index in [2.05, 4.69) is 20.9 Å². The molecule has 0 aromatic rings. The maximum absolute atomic E-state index is 11.4. The predicted octanol–water partition coefficient (Wildman–Crippen LogP) is 3.46. The van der Waals surface area contributed by atoms with Crippen molar-refractivity contribution in [2.45, 2.75) is 38.7 Å². The first-order chi connectivity index (χ1) is 6.76. The van der Waals surface area contributed by atoms with E-state index in [1.807, 2.05) is 0 Å². The summed E-state index contributed by atoms with van der Waals surface area (Å²) < 4.78 is 5.23. The SMILES string of the molecule is CCCP(NC(=O)OC1CCC1)PP. The van der Waals surface area contributed by atoms with Crippen molar-refractivity contribution in [2.75, 3.05) is 6.16 Å².